The molecule has 1 fully saturated rings. The fraction of sp³-hybridized carbons (Fsp3) is 0.0714. The molecular weight excluding hydrogens is 466 g/mol. The number of imide groups is 1. The van der Waals surface area contributed by atoms with Crippen molar-refractivity contribution in [3.63, 3.8) is 0 Å². The Morgan fingerprint density at radius 1 is 0.912 bits per heavy atom. The van der Waals surface area contributed by atoms with Gasteiger partial charge in [0.25, 0.3) is 11.1 Å². The zero-order valence-electron chi connectivity index (χ0n) is 18.3. The van der Waals surface area contributed by atoms with Crippen molar-refractivity contribution in [2.45, 2.75) is 13.5 Å². The van der Waals surface area contributed by atoms with Crippen LogP contribution in [0.1, 0.15) is 16.7 Å². The normalized spacial score (nSPS) is 14.9. The summed E-state index contributed by atoms with van der Waals surface area (Å²) in [5.41, 5.74) is 3.50. The van der Waals surface area contributed by atoms with E-state index in [2.05, 4.69) is 0 Å². The highest BCUT2D eigenvalue weighted by Crippen LogP contribution is 2.39. The van der Waals surface area contributed by atoms with E-state index in [1.54, 1.807) is 30.3 Å². The number of fused-ring (bicyclic) bond motifs is 1. The third-order valence-corrected chi connectivity index (χ3v) is 6.72. The number of halogens is 1. The average Bonchev–Trinajstić information content (AvgIpc) is 3.13. The van der Waals surface area contributed by atoms with Crippen molar-refractivity contribution in [2.75, 3.05) is 4.90 Å². The third kappa shape index (κ3) is 4.45. The molecule has 0 unspecified atom stereocenters. The molecule has 0 spiro atoms. The van der Waals surface area contributed by atoms with Gasteiger partial charge in [0.05, 0.1) is 10.6 Å². The summed E-state index contributed by atoms with van der Waals surface area (Å²) < 4.78 is 6.19. The van der Waals surface area contributed by atoms with Crippen LogP contribution in [0.3, 0.4) is 0 Å². The maximum absolute atomic E-state index is 13.2. The zero-order valence-corrected chi connectivity index (χ0v) is 19.9. The van der Waals surface area contributed by atoms with Crippen LogP contribution in [0.15, 0.2) is 89.8 Å². The Bertz CT molecular complexity index is 1430. The van der Waals surface area contributed by atoms with E-state index in [1.165, 1.54) is 10.5 Å². The van der Waals surface area contributed by atoms with Crippen molar-refractivity contribution in [2.24, 2.45) is 0 Å². The number of rotatable bonds is 5. The Labute approximate surface area is 206 Å². The lowest BCUT2D eigenvalue weighted by atomic mass is 10.0. The highest BCUT2D eigenvalue weighted by molar-refractivity contribution is 8.19. The minimum absolute atomic E-state index is 0.344. The van der Waals surface area contributed by atoms with E-state index in [4.69, 9.17) is 16.3 Å². The Balaban J connectivity index is 1.52. The third-order valence-electron chi connectivity index (χ3n) is 5.60. The molecule has 4 nitrogen and oxygen atoms in total. The Morgan fingerprint density at radius 2 is 1.65 bits per heavy atom. The lowest BCUT2D eigenvalue weighted by Crippen LogP contribution is -2.27. The van der Waals surface area contributed by atoms with E-state index in [0.717, 1.165) is 33.7 Å². The van der Waals surface area contributed by atoms with Gasteiger partial charge in [-0.2, -0.15) is 0 Å². The molecular formula is C28H20ClNO3S. The van der Waals surface area contributed by atoms with E-state index < -0.39 is 0 Å². The van der Waals surface area contributed by atoms with Crippen LogP contribution < -0.4 is 9.64 Å². The molecule has 1 saturated heterocycles. The fourth-order valence-electron chi connectivity index (χ4n) is 3.81. The van der Waals surface area contributed by atoms with Crippen LogP contribution in [0, 0.1) is 6.92 Å². The lowest BCUT2D eigenvalue weighted by molar-refractivity contribution is -0.113. The van der Waals surface area contributed by atoms with Gasteiger partial charge in [-0.25, -0.2) is 4.90 Å². The second-order valence-electron chi connectivity index (χ2n) is 7.97. The molecule has 1 aliphatic rings. The van der Waals surface area contributed by atoms with Crippen LogP contribution in [0.2, 0.25) is 5.02 Å². The second kappa shape index (κ2) is 9.37. The number of amides is 2. The van der Waals surface area contributed by atoms with Crippen molar-refractivity contribution in [1.29, 1.82) is 0 Å². The number of ether oxygens (including phenoxy) is 1. The van der Waals surface area contributed by atoms with E-state index in [9.17, 15) is 9.59 Å². The van der Waals surface area contributed by atoms with Gasteiger partial charge in [0.2, 0.25) is 0 Å². The van der Waals surface area contributed by atoms with Crippen LogP contribution >= 0.6 is 23.4 Å². The summed E-state index contributed by atoms with van der Waals surface area (Å²) in [7, 11) is 0. The summed E-state index contributed by atoms with van der Waals surface area (Å²) in [5, 5.41) is 2.16. The molecule has 168 valence electrons. The quantitative estimate of drug-likeness (QED) is 0.273. The summed E-state index contributed by atoms with van der Waals surface area (Å²) in [4.78, 5) is 27.4. The van der Waals surface area contributed by atoms with Gasteiger partial charge in [-0.3, -0.25) is 9.59 Å². The van der Waals surface area contributed by atoms with Crippen molar-refractivity contribution < 1.29 is 14.3 Å². The Morgan fingerprint density at radius 3 is 2.41 bits per heavy atom. The molecule has 4 aromatic rings. The van der Waals surface area contributed by atoms with Gasteiger partial charge in [0, 0.05) is 10.6 Å². The largest absolute Gasteiger partial charge is 0.488 e. The van der Waals surface area contributed by atoms with Gasteiger partial charge in [0.15, 0.2) is 0 Å². The second-order valence-corrected chi connectivity index (χ2v) is 9.40. The number of carbonyl (C=O) groups excluding carboxylic acids is 2. The minimum Gasteiger partial charge on any atom is -0.488 e. The summed E-state index contributed by atoms with van der Waals surface area (Å²) in [5.74, 6) is 0.285. The summed E-state index contributed by atoms with van der Waals surface area (Å²) >= 11 is 6.88. The molecule has 1 heterocycles. The molecule has 4 aromatic carbocycles. The molecule has 0 N–H and O–H groups in total. The van der Waals surface area contributed by atoms with E-state index >= 15 is 0 Å². The Hall–Kier alpha value is -3.54. The first-order chi connectivity index (χ1) is 16.5. The van der Waals surface area contributed by atoms with Gasteiger partial charge >= 0.3 is 0 Å². The number of aryl methyl sites for hydroxylation is 1. The average molecular weight is 486 g/mol. The molecule has 0 aromatic heterocycles. The maximum Gasteiger partial charge on any atom is 0.298 e. The molecule has 0 aliphatic carbocycles. The van der Waals surface area contributed by atoms with Crippen LogP contribution in [-0.2, 0) is 11.4 Å². The SMILES string of the molecule is Cc1ccc(COc2ccc3ccccc3c2/C=C2/SC(=O)N(c3ccc(Cl)cc3)C2=O)cc1. The van der Waals surface area contributed by atoms with Crippen molar-refractivity contribution in [3.8, 4) is 5.75 Å². The standard InChI is InChI=1S/C28H20ClNO3S/c1-18-6-8-19(9-7-18)17-33-25-15-10-20-4-2-3-5-23(20)24(25)16-26-27(31)30(28(32)34-26)22-13-11-21(29)12-14-22/h2-16H,17H2,1H3/b26-16+. The number of thioether (sulfide) groups is 1. The first-order valence-corrected chi connectivity index (χ1v) is 11.9. The van der Waals surface area contributed by atoms with Crippen LogP contribution in [0.4, 0.5) is 10.5 Å². The van der Waals surface area contributed by atoms with Crippen LogP contribution in [0.5, 0.6) is 5.75 Å². The molecule has 1 aliphatic heterocycles. The van der Waals surface area contributed by atoms with E-state index in [-0.39, 0.29) is 11.1 Å². The molecule has 0 saturated carbocycles. The van der Waals surface area contributed by atoms with E-state index in [1.807, 2.05) is 67.6 Å². The summed E-state index contributed by atoms with van der Waals surface area (Å²) in [6.45, 7) is 2.44. The number of hydrogen-bond acceptors (Lipinski definition) is 4. The van der Waals surface area contributed by atoms with Gasteiger partial charge in [-0.05, 0) is 71.4 Å². The molecule has 0 radical (unpaired) electrons. The summed E-state index contributed by atoms with van der Waals surface area (Å²) in [6, 6.07) is 26.6. The lowest BCUT2D eigenvalue weighted by Gasteiger charge is -2.13. The molecule has 0 bridgehead atoms. The van der Waals surface area contributed by atoms with Gasteiger partial charge in [-0.1, -0.05) is 71.8 Å². The molecule has 6 heteroatoms. The number of nitrogens with zero attached hydrogens (tertiary/aromatic N) is 1. The first-order valence-electron chi connectivity index (χ1n) is 10.7. The van der Waals surface area contributed by atoms with Gasteiger partial charge in [-0.15, -0.1) is 0 Å². The summed E-state index contributed by atoms with van der Waals surface area (Å²) in [6.07, 6.45) is 1.76. The van der Waals surface area contributed by atoms with Crippen LogP contribution in [-0.4, -0.2) is 11.1 Å². The minimum atomic E-state index is -0.366. The fourth-order valence-corrected chi connectivity index (χ4v) is 4.76. The van der Waals surface area contributed by atoms with Crippen molar-refractivity contribution >= 4 is 57.0 Å². The van der Waals surface area contributed by atoms with Crippen molar-refractivity contribution in [1.82, 2.24) is 0 Å². The monoisotopic (exact) mass is 485 g/mol. The highest BCUT2D eigenvalue weighted by Gasteiger charge is 2.36. The topological polar surface area (TPSA) is 46.6 Å². The first kappa shape index (κ1) is 22.3. The van der Waals surface area contributed by atoms with Crippen molar-refractivity contribution in [3.05, 3.63) is 112 Å². The molecule has 34 heavy (non-hydrogen) atoms. The predicted octanol–water partition coefficient (Wildman–Crippen LogP) is 7.62. The van der Waals surface area contributed by atoms with Crippen LogP contribution in [0.25, 0.3) is 16.8 Å². The number of anilines is 1. The molecule has 2 amide bonds. The molecule has 5 rings (SSSR count). The smallest absolute Gasteiger partial charge is 0.298 e. The Kier molecular flexibility index (Phi) is 6.14. The predicted molar refractivity (Wildman–Crippen MR) is 139 cm³/mol. The van der Waals surface area contributed by atoms with Gasteiger partial charge < -0.3 is 4.74 Å². The number of benzene rings is 4. The maximum atomic E-state index is 13.2. The molecule has 0 atom stereocenters. The zero-order chi connectivity index (χ0) is 23.7. The number of hydrogen-bond donors (Lipinski definition) is 0. The number of carbonyl (C=O) groups is 2. The van der Waals surface area contributed by atoms with Gasteiger partial charge in [0.1, 0.15) is 12.4 Å². The highest BCUT2D eigenvalue weighted by atomic mass is 35.5. The van der Waals surface area contributed by atoms with E-state index in [0.29, 0.717) is 28.0 Å².